The second-order valence-electron chi connectivity index (χ2n) is 7.06. The summed E-state index contributed by atoms with van der Waals surface area (Å²) in [7, 11) is 0. The van der Waals surface area contributed by atoms with Crippen molar-refractivity contribution in [1.29, 1.82) is 0 Å². The second kappa shape index (κ2) is 10.7. The number of hydrogen-bond donors (Lipinski definition) is 1. The van der Waals surface area contributed by atoms with Crippen LogP contribution in [0.1, 0.15) is 21.5 Å². The Bertz CT molecular complexity index is 1350. The Kier molecular flexibility index (Phi) is 7.71. The van der Waals surface area contributed by atoms with Crippen molar-refractivity contribution in [2.45, 2.75) is 6.61 Å². The van der Waals surface area contributed by atoms with Gasteiger partial charge in [-0.1, -0.05) is 65.7 Å². The first kappa shape index (κ1) is 23.8. The highest BCUT2D eigenvalue weighted by Crippen LogP contribution is 2.35. The van der Waals surface area contributed by atoms with Gasteiger partial charge in [-0.05, 0) is 84.1 Å². The zero-order valence-electron chi connectivity index (χ0n) is 17.0. The summed E-state index contributed by atoms with van der Waals surface area (Å²) in [6.07, 6.45) is 1.53. The zero-order chi connectivity index (χ0) is 23.4. The van der Waals surface area contributed by atoms with Gasteiger partial charge >= 0.3 is 0 Å². The van der Waals surface area contributed by atoms with Crippen LogP contribution >= 0.6 is 55.1 Å². The summed E-state index contributed by atoms with van der Waals surface area (Å²) in [5.41, 5.74) is 4.61. The van der Waals surface area contributed by atoms with E-state index >= 15 is 0 Å². The fourth-order valence-corrected chi connectivity index (χ4v) is 5.20. The molecule has 4 aromatic rings. The molecule has 1 N–H and O–H groups in total. The highest BCUT2D eigenvalue weighted by atomic mass is 79.9. The molecular formula is C25H16Br2Cl2N2O2. The molecule has 0 unspecified atom stereocenters. The van der Waals surface area contributed by atoms with E-state index in [1.807, 2.05) is 30.3 Å². The summed E-state index contributed by atoms with van der Waals surface area (Å²) < 4.78 is 7.62. The Morgan fingerprint density at radius 3 is 2.45 bits per heavy atom. The lowest BCUT2D eigenvalue weighted by Gasteiger charge is -2.13. The number of nitrogens with one attached hydrogen (secondary N) is 1. The highest BCUT2D eigenvalue weighted by Gasteiger charge is 2.11. The minimum atomic E-state index is -0.430. The van der Waals surface area contributed by atoms with Crippen molar-refractivity contribution < 1.29 is 9.53 Å². The Morgan fingerprint density at radius 2 is 1.70 bits per heavy atom. The van der Waals surface area contributed by atoms with E-state index in [1.54, 1.807) is 12.1 Å². The molecule has 8 heteroatoms. The molecule has 0 radical (unpaired) electrons. The van der Waals surface area contributed by atoms with Gasteiger partial charge in [-0.15, -0.1) is 0 Å². The van der Waals surface area contributed by atoms with Gasteiger partial charge in [-0.25, -0.2) is 5.43 Å². The number of carbonyl (C=O) groups excluding carboxylic acids is 1. The van der Waals surface area contributed by atoms with Crippen LogP contribution in [-0.2, 0) is 6.61 Å². The number of rotatable bonds is 6. The third-order valence-electron chi connectivity index (χ3n) is 4.83. The van der Waals surface area contributed by atoms with E-state index in [0.717, 1.165) is 25.5 Å². The second-order valence-corrected chi connectivity index (χ2v) is 9.62. The number of hydrazone groups is 1. The molecule has 0 aromatic heterocycles. The highest BCUT2D eigenvalue weighted by molar-refractivity contribution is 9.11. The molecule has 0 bridgehead atoms. The van der Waals surface area contributed by atoms with Gasteiger partial charge in [0.1, 0.15) is 12.4 Å². The normalized spacial score (nSPS) is 11.2. The van der Waals surface area contributed by atoms with Crippen LogP contribution in [0.2, 0.25) is 10.0 Å². The molecular weight excluding hydrogens is 591 g/mol. The molecule has 0 aliphatic rings. The Labute approximate surface area is 217 Å². The van der Waals surface area contributed by atoms with Gasteiger partial charge in [-0.3, -0.25) is 4.79 Å². The quantitative estimate of drug-likeness (QED) is 0.178. The lowest BCUT2D eigenvalue weighted by atomic mass is 10.1. The number of fused-ring (bicyclic) bond motifs is 1. The maximum atomic E-state index is 12.3. The largest absolute Gasteiger partial charge is 0.487 e. The fourth-order valence-electron chi connectivity index (χ4n) is 3.26. The number of halogens is 4. The molecule has 0 saturated carbocycles. The number of hydrogen-bond acceptors (Lipinski definition) is 3. The molecule has 1 amide bonds. The van der Waals surface area contributed by atoms with Crippen molar-refractivity contribution >= 4 is 78.0 Å². The summed E-state index contributed by atoms with van der Waals surface area (Å²) in [4.78, 5) is 12.3. The zero-order valence-corrected chi connectivity index (χ0v) is 21.7. The number of carbonyl (C=O) groups is 1. The van der Waals surface area contributed by atoms with E-state index < -0.39 is 5.91 Å². The first-order chi connectivity index (χ1) is 15.9. The van der Waals surface area contributed by atoms with E-state index in [1.165, 1.54) is 17.7 Å². The number of amides is 1. The summed E-state index contributed by atoms with van der Waals surface area (Å²) in [6.45, 7) is 0.421. The summed E-state index contributed by atoms with van der Waals surface area (Å²) in [6, 6.07) is 22.7. The van der Waals surface area contributed by atoms with Crippen LogP contribution in [0.15, 0.2) is 86.8 Å². The molecule has 4 aromatic carbocycles. The molecule has 0 aliphatic carbocycles. The first-order valence-corrected chi connectivity index (χ1v) is 12.1. The Hall–Kier alpha value is -2.38. The van der Waals surface area contributed by atoms with Crippen molar-refractivity contribution in [2.75, 3.05) is 0 Å². The molecule has 4 nitrogen and oxygen atoms in total. The van der Waals surface area contributed by atoms with Gasteiger partial charge in [-0.2, -0.15) is 5.10 Å². The van der Waals surface area contributed by atoms with Gasteiger partial charge in [0.15, 0.2) is 0 Å². The van der Waals surface area contributed by atoms with Crippen LogP contribution < -0.4 is 10.2 Å². The molecule has 4 rings (SSSR count). The van der Waals surface area contributed by atoms with Gasteiger partial charge in [0.2, 0.25) is 0 Å². The van der Waals surface area contributed by atoms with Crippen molar-refractivity contribution in [1.82, 2.24) is 5.43 Å². The molecule has 0 fully saturated rings. The molecule has 0 atom stereocenters. The average Bonchev–Trinajstić information content (AvgIpc) is 2.78. The van der Waals surface area contributed by atoms with E-state index in [4.69, 9.17) is 27.9 Å². The predicted molar refractivity (Wildman–Crippen MR) is 142 cm³/mol. The maximum Gasteiger partial charge on any atom is 0.272 e. The van der Waals surface area contributed by atoms with Crippen molar-refractivity contribution in [3.05, 3.63) is 108 Å². The predicted octanol–water partition coefficient (Wildman–Crippen LogP) is 8.01. The standard InChI is InChI=1S/C25H16Br2Cl2N2O2/c26-21-10-15(13-30-31-25(32)20-9-8-18(28)12-23(20)29)11-22(27)24(21)33-14-17-6-3-5-16-4-1-2-7-19(16)17/h1-13H,14H2,(H,31,32)/b30-13-. The van der Waals surface area contributed by atoms with E-state index in [0.29, 0.717) is 17.4 Å². The van der Waals surface area contributed by atoms with Crippen LogP contribution in [0.25, 0.3) is 10.8 Å². The average molecular weight is 607 g/mol. The van der Waals surface area contributed by atoms with E-state index in [2.05, 4.69) is 66.7 Å². The third kappa shape index (κ3) is 5.76. The monoisotopic (exact) mass is 604 g/mol. The maximum absolute atomic E-state index is 12.3. The molecule has 0 aliphatic heterocycles. The number of ether oxygens (including phenoxy) is 1. The molecule has 166 valence electrons. The summed E-state index contributed by atoms with van der Waals surface area (Å²) >= 11 is 19.1. The van der Waals surface area contributed by atoms with Gasteiger partial charge < -0.3 is 4.74 Å². The number of nitrogens with zero attached hydrogens (tertiary/aromatic N) is 1. The molecule has 33 heavy (non-hydrogen) atoms. The first-order valence-electron chi connectivity index (χ1n) is 9.79. The molecule has 0 spiro atoms. The van der Waals surface area contributed by atoms with Gasteiger partial charge in [0.25, 0.3) is 5.91 Å². The summed E-state index contributed by atoms with van der Waals surface area (Å²) in [5.74, 6) is 0.248. The number of benzene rings is 4. The molecule has 0 heterocycles. The topological polar surface area (TPSA) is 50.7 Å². The van der Waals surface area contributed by atoms with E-state index in [-0.39, 0.29) is 10.6 Å². The molecule has 0 saturated heterocycles. The van der Waals surface area contributed by atoms with Crippen LogP contribution in [-0.4, -0.2) is 12.1 Å². The van der Waals surface area contributed by atoms with Crippen LogP contribution in [0.5, 0.6) is 5.75 Å². The van der Waals surface area contributed by atoms with E-state index in [9.17, 15) is 4.79 Å². The minimum absolute atomic E-state index is 0.258. The van der Waals surface area contributed by atoms with Crippen LogP contribution in [0, 0.1) is 0 Å². The fraction of sp³-hybridized carbons (Fsp3) is 0.0400. The van der Waals surface area contributed by atoms with Gasteiger partial charge in [0.05, 0.1) is 25.7 Å². The Balaban J connectivity index is 1.45. The minimum Gasteiger partial charge on any atom is -0.487 e. The van der Waals surface area contributed by atoms with Crippen LogP contribution in [0.3, 0.4) is 0 Å². The van der Waals surface area contributed by atoms with Crippen molar-refractivity contribution in [2.24, 2.45) is 5.10 Å². The van der Waals surface area contributed by atoms with Crippen molar-refractivity contribution in [3.63, 3.8) is 0 Å². The summed E-state index contributed by atoms with van der Waals surface area (Å²) in [5, 5.41) is 7.07. The smallest absolute Gasteiger partial charge is 0.272 e. The Morgan fingerprint density at radius 1 is 0.970 bits per heavy atom. The van der Waals surface area contributed by atoms with Crippen LogP contribution in [0.4, 0.5) is 0 Å². The SMILES string of the molecule is O=C(N/N=C\c1cc(Br)c(OCc2cccc3ccccc23)c(Br)c1)c1ccc(Cl)cc1Cl. The van der Waals surface area contributed by atoms with Gasteiger partial charge in [0, 0.05) is 5.02 Å². The third-order valence-corrected chi connectivity index (χ3v) is 6.55. The lowest BCUT2D eigenvalue weighted by molar-refractivity contribution is 0.0955. The van der Waals surface area contributed by atoms with Crippen molar-refractivity contribution in [3.8, 4) is 5.75 Å². The lowest BCUT2D eigenvalue weighted by Crippen LogP contribution is -2.18.